The van der Waals surface area contributed by atoms with Crippen LogP contribution in [0.5, 0.6) is 0 Å². The molecular formula is C13H19BrN2O. The van der Waals surface area contributed by atoms with Gasteiger partial charge >= 0.3 is 6.03 Å². The number of hydrogen-bond acceptors (Lipinski definition) is 1. The summed E-state index contributed by atoms with van der Waals surface area (Å²) in [6.07, 6.45) is 0. The minimum Gasteiger partial charge on any atom is -0.338 e. The highest BCUT2D eigenvalue weighted by Gasteiger charge is 2.08. The van der Waals surface area contributed by atoms with Gasteiger partial charge in [0.25, 0.3) is 0 Å². The van der Waals surface area contributed by atoms with Crippen LogP contribution in [0.25, 0.3) is 0 Å². The molecule has 0 heterocycles. The van der Waals surface area contributed by atoms with E-state index in [1.807, 2.05) is 31.2 Å². The fourth-order valence-corrected chi connectivity index (χ4v) is 1.64. The highest BCUT2D eigenvalue weighted by Crippen LogP contribution is 2.16. The van der Waals surface area contributed by atoms with Crippen LogP contribution in [0.3, 0.4) is 0 Å². The number of urea groups is 1. The predicted molar refractivity (Wildman–Crippen MR) is 73.9 cm³/mol. The maximum absolute atomic E-state index is 11.6. The molecule has 0 fully saturated rings. The molecule has 2 N–H and O–H groups in total. The number of rotatable bonds is 4. The van der Waals surface area contributed by atoms with E-state index in [0.717, 1.165) is 10.0 Å². The van der Waals surface area contributed by atoms with Crippen molar-refractivity contribution in [1.29, 1.82) is 0 Å². The van der Waals surface area contributed by atoms with Gasteiger partial charge in [0, 0.05) is 11.0 Å². The third-order valence-electron chi connectivity index (χ3n) is 2.39. The molecule has 0 radical (unpaired) electrons. The molecule has 0 unspecified atom stereocenters. The van der Waals surface area contributed by atoms with E-state index in [9.17, 15) is 4.79 Å². The van der Waals surface area contributed by atoms with Crippen molar-refractivity contribution in [2.45, 2.75) is 26.8 Å². The Bertz CT molecular complexity index is 362. The first-order valence-electron chi connectivity index (χ1n) is 5.79. The van der Waals surface area contributed by atoms with Crippen molar-refractivity contribution in [3.05, 3.63) is 34.3 Å². The second kappa shape index (κ2) is 6.64. The van der Waals surface area contributed by atoms with Gasteiger partial charge in [0.2, 0.25) is 0 Å². The van der Waals surface area contributed by atoms with Gasteiger partial charge in [-0.15, -0.1) is 0 Å². The van der Waals surface area contributed by atoms with E-state index >= 15 is 0 Å². The number of carbonyl (C=O) groups excluding carboxylic acids is 1. The lowest BCUT2D eigenvalue weighted by Gasteiger charge is -2.16. The van der Waals surface area contributed by atoms with Crippen LogP contribution in [0.2, 0.25) is 0 Å². The van der Waals surface area contributed by atoms with Crippen LogP contribution in [0.1, 0.15) is 32.4 Å². The number of hydrogen-bond donors (Lipinski definition) is 2. The Morgan fingerprint density at radius 2 is 1.82 bits per heavy atom. The van der Waals surface area contributed by atoms with Crippen molar-refractivity contribution >= 4 is 22.0 Å². The average Bonchev–Trinajstić information content (AvgIpc) is 2.27. The van der Waals surface area contributed by atoms with Gasteiger partial charge in [-0.25, -0.2) is 4.79 Å². The number of amides is 2. The third kappa shape index (κ3) is 5.22. The van der Waals surface area contributed by atoms with E-state index in [2.05, 4.69) is 40.4 Å². The molecule has 0 aliphatic heterocycles. The summed E-state index contributed by atoms with van der Waals surface area (Å²) in [7, 11) is 0. The summed E-state index contributed by atoms with van der Waals surface area (Å²) in [6.45, 7) is 6.80. The van der Waals surface area contributed by atoms with E-state index in [4.69, 9.17) is 0 Å². The Morgan fingerprint density at radius 1 is 1.24 bits per heavy atom. The SMILES string of the molecule is CC(C)CNC(=O)N[C@@H](C)c1ccc(Br)cc1. The maximum Gasteiger partial charge on any atom is 0.315 e. The third-order valence-corrected chi connectivity index (χ3v) is 2.92. The average molecular weight is 299 g/mol. The standard InChI is InChI=1S/C13H19BrN2O/c1-9(2)8-15-13(17)16-10(3)11-4-6-12(14)7-5-11/h4-7,9-10H,8H2,1-3H3,(H2,15,16,17)/t10-/m0/s1. The van der Waals surface area contributed by atoms with E-state index in [-0.39, 0.29) is 12.1 Å². The zero-order valence-electron chi connectivity index (χ0n) is 10.5. The summed E-state index contributed by atoms with van der Waals surface area (Å²) < 4.78 is 1.04. The van der Waals surface area contributed by atoms with Crippen molar-refractivity contribution < 1.29 is 4.79 Å². The summed E-state index contributed by atoms with van der Waals surface area (Å²) in [6, 6.07) is 7.83. The Balaban J connectivity index is 2.46. The van der Waals surface area contributed by atoms with Crippen LogP contribution < -0.4 is 10.6 Å². The van der Waals surface area contributed by atoms with Gasteiger partial charge in [-0.1, -0.05) is 41.9 Å². The fraction of sp³-hybridized carbons (Fsp3) is 0.462. The normalized spacial score (nSPS) is 12.3. The molecule has 0 aliphatic carbocycles. The monoisotopic (exact) mass is 298 g/mol. The Morgan fingerprint density at radius 3 is 2.35 bits per heavy atom. The number of halogens is 1. The first-order valence-corrected chi connectivity index (χ1v) is 6.58. The molecule has 1 atom stereocenters. The molecule has 1 rings (SSSR count). The van der Waals surface area contributed by atoms with E-state index in [1.54, 1.807) is 0 Å². The van der Waals surface area contributed by atoms with Gasteiger partial charge in [-0.3, -0.25) is 0 Å². The van der Waals surface area contributed by atoms with Gasteiger partial charge in [-0.05, 0) is 30.5 Å². The number of carbonyl (C=O) groups is 1. The molecule has 0 bridgehead atoms. The van der Waals surface area contributed by atoms with Crippen LogP contribution in [-0.2, 0) is 0 Å². The molecule has 17 heavy (non-hydrogen) atoms. The minimum atomic E-state index is -0.117. The lowest BCUT2D eigenvalue weighted by Crippen LogP contribution is -2.38. The van der Waals surface area contributed by atoms with Gasteiger partial charge in [0.15, 0.2) is 0 Å². The Labute approximate surface area is 111 Å². The second-order valence-electron chi connectivity index (χ2n) is 4.52. The topological polar surface area (TPSA) is 41.1 Å². The zero-order chi connectivity index (χ0) is 12.8. The van der Waals surface area contributed by atoms with E-state index in [1.165, 1.54) is 0 Å². The van der Waals surface area contributed by atoms with Gasteiger partial charge in [0.05, 0.1) is 6.04 Å². The highest BCUT2D eigenvalue weighted by atomic mass is 79.9. The lowest BCUT2D eigenvalue weighted by atomic mass is 10.1. The smallest absolute Gasteiger partial charge is 0.315 e. The number of nitrogens with one attached hydrogen (secondary N) is 2. The summed E-state index contributed by atoms with van der Waals surface area (Å²) in [4.78, 5) is 11.6. The van der Waals surface area contributed by atoms with Crippen LogP contribution in [0.4, 0.5) is 4.79 Å². The largest absolute Gasteiger partial charge is 0.338 e. The molecule has 4 heteroatoms. The Kier molecular flexibility index (Phi) is 5.48. The van der Waals surface area contributed by atoms with Crippen LogP contribution >= 0.6 is 15.9 Å². The fourth-order valence-electron chi connectivity index (χ4n) is 1.38. The van der Waals surface area contributed by atoms with E-state index in [0.29, 0.717) is 12.5 Å². The van der Waals surface area contributed by atoms with Gasteiger partial charge in [-0.2, -0.15) is 0 Å². The first-order chi connectivity index (χ1) is 7.99. The van der Waals surface area contributed by atoms with Crippen molar-refractivity contribution in [2.75, 3.05) is 6.54 Å². The molecular weight excluding hydrogens is 280 g/mol. The van der Waals surface area contributed by atoms with Gasteiger partial charge < -0.3 is 10.6 Å². The first kappa shape index (κ1) is 14.0. The number of benzene rings is 1. The van der Waals surface area contributed by atoms with Crippen molar-refractivity contribution in [1.82, 2.24) is 10.6 Å². The van der Waals surface area contributed by atoms with Crippen molar-refractivity contribution in [3.63, 3.8) is 0 Å². The highest BCUT2D eigenvalue weighted by molar-refractivity contribution is 9.10. The maximum atomic E-state index is 11.6. The quantitative estimate of drug-likeness (QED) is 0.878. The predicted octanol–water partition coefficient (Wildman–Crippen LogP) is 3.47. The molecule has 0 saturated heterocycles. The zero-order valence-corrected chi connectivity index (χ0v) is 12.0. The summed E-state index contributed by atoms with van der Waals surface area (Å²) in [5.41, 5.74) is 1.09. The lowest BCUT2D eigenvalue weighted by molar-refractivity contribution is 0.236. The van der Waals surface area contributed by atoms with Crippen LogP contribution in [0, 0.1) is 5.92 Å². The second-order valence-corrected chi connectivity index (χ2v) is 5.44. The summed E-state index contributed by atoms with van der Waals surface area (Å²) >= 11 is 3.39. The van der Waals surface area contributed by atoms with Crippen molar-refractivity contribution in [3.8, 4) is 0 Å². The molecule has 1 aromatic carbocycles. The van der Waals surface area contributed by atoms with Crippen LogP contribution in [-0.4, -0.2) is 12.6 Å². The summed E-state index contributed by atoms with van der Waals surface area (Å²) in [5, 5.41) is 5.74. The van der Waals surface area contributed by atoms with Crippen LogP contribution in [0.15, 0.2) is 28.7 Å². The molecule has 0 aliphatic rings. The molecule has 94 valence electrons. The molecule has 0 saturated carbocycles. The van der Waals surface area contributed by atoms with Crippen molar-refractivity contribution in [2.24, 2.45) is 5.92 Å². The van der Waals surface area contributed by atoms with Gasteiger partial charge in [0.1, 0.15) is 0 Å². The molecule has 0 spiro atoms. The summed E-state index contributed by atoms with van der Waals surface area (Å²) in [5.74, 6) is 0.462. The van der Waals surface area contributed by atoms with E-state index < -0.39 is 0 Å². The molecule has 1 aromatic rings. The molecule has 2 amide bonds. The minimum absolute atomic E-state index is 0.00950. The Hall–Kier alpha value is -1.03. The molecule has 3 nitrogen and oxygen atoms in total. The molecule has 0 aromatic heterocycles.